The number of nitrogens with two attached hydrogens (primary N) is 1. The summed E-state index contributed by atoms with van der Waals surface area (Å²) >= 11 is 1.93. The zero-order valence-electron chi connectivity index (χ0n) is 8.99. The molecule has 78 valence electrons. The van der Waals surface area contributed by atoms with E-state index in [0.717, 1.165) is 0 Å². The van der Waals surface area contributed by atoms with Gasteiger partial charge in [0.25, 0.3) is 0 Å². The molecule has 0 spiro atoms. The second-order valence-electron chi connectivity index (χ2n) is 4.18. The number of piperidine rings is 1. The van der Waals surface area contributed by atoms with E-state index >= 15 is 0 Å². The Morgan fingerprint density at radius 1 is 1.62 bits per heavy atom. The third-order valence-corrected chi connectivity index (χ3v) is 3.76. The van der Waals surface area contributed by atoms with E-state index in [1.807, 2.05) is 11.8 Å². The van der Waals surface area contributed by atoms with E-state index < -0.39 is 0 Å². The van der Waals surface area contributed by atoms with Crippen LogP contribution in [0.2, 0.25) is 0 Å². The van der Waals surface area contributed by atoms with Crippen molar-refractivity contribution in [3.8, 4) is 0 Å². The quantitative estimate of drug-likeness (QED) is 0.753. The SMILES string of the molecule is CSCC(C)N1CCC(N)CC1C. The molecule has 13 heavy (non-hydrogen) atoms. The maximum Gasteiger partial charge on any atom is 0.0160 e. The van der Waals surface area contributed by atoms with Crippen LogP contribution < -0.4 is 5.73 Å². The molecule has 1 saturated heterocycles. The first-order valence-electron chi connectivity index (χ1n) is 5.15. The third-order valence-electron chi connectivity index (χ3n) is 2.94. The van der Waals surface area contributed by atoms with E-state index in [4.69, 9.17) is 5.73 Å². The molecule has 0 radical (unpaired) electrons. The molecule has 1 aliphatic heterocycles. The van der Waals surface area contributed by atoms with Gasteiger partial charge in [0.1, 0.15) is 0 Å². The van der Waals surface area contributed by atoms with Gasteiger partial charge in [0.2, 0.25) is 0 Å². The van der Waals surface area contributed by atoms with Gasteiger partial charge in [0.05, 0.1) is 0 Å². The molecular formula is C10H22N2S. The summed E-state index contributed by atoms with van der Waals surface area (Å²) in [5.41, 5.74) is 5.93. The Kier molecular flexibility index (Phi) is 4.56. The molecule has 0 bridgehead atoms. The van der Waals surface area contributed by atoms with Crippen LogP contribution in [0.4, 0.5) is 0 Å². The lowest BCUT2D eigenvalue weighted by Crippen LogP contribution is -2.50. The van der Waals surface area contributed by atoms with E-state index in [1.54, 1.807) is 0 Å². The van der Waals surface area contributed by atoms with Gasteiger partial charge in [-0.15, -0.1) is 0 Å². The van der Waals surface area contributed by atoms with Crippen molar-refractivity contribution in [3.63, 3.8) is 0 Å². The molecule has 1 fully saturated rings. The molecule has 0 saturated carbocycles. The Morgan fingerprint density at radius 2 is 2.31 bits per heavy atom. The van der Waals surface area contributed by atoms with Gasteiger partial charge < -0.3 is 5.73 Å². The summed E-state index contributed by atoms with van der Waals surface area (Å²) < 4.78 is 0. The summed E-state index contributed by atoms with van der Waals surface area (Å²) in [7, 11) is 0. The minimum Gasteiger partial charge on any atom is -0.328 e. The topological polar surface area (TPSA) is 29.3 Å². The standard InChI is InChI=1S/C10H22N2S/c1-8-6-10(11)4-5-12(8)9(2)7-13-3/h8-10H,4-7,11H2,1-3H3. The summed E-state index contributed by atoms with van der Waals surface area (Å²) in [6, 6.07) is 1.82. The molecule has 1 aliphatic rings. The molecule has 0 aliphatic carbocycles. The Bertz CT molecular complexity index is 148. The number of hydrogen-bond acceptors (Lipinski definition) is 3. The van der Waals surface area contributed by atoms with E-state index in [2.05, 4.69) is 25.0 Å². The van der Waals surface area contributed by atoms with Gasteiger partial charge in [-0.2, -0.15) is 11.8 Å². The highest BCUT2D eigenvalue weighted by atomic mass is 32.2. The number of thioether (sulfide) groups is 1. The molecule has 3 atom stereocenters. The normalized spacial score (nSPS) is 33.2. The molecule has 1 rings (SSSR count). The first kappa shape index (κ1) is 11.3. The Balaban J connectivity index is 2.40. The monoisotopic (exact) mass is 202 g/mol. The summed E-state index contributed by atoms with van der Waals surface area (Å²) in [5.74, 6) is 1.24. The third kappa shape index (κ3) is 3.15. The van der Waals surface area contributed by atoms with Crippen molar-refractivity contribution in [1.82, 2.24) is 4.90 Å². The van der Waals surface area contributed by atoms with Crippen LogP contribution in [0.25, 0.3) is 0 Å². The summed E-state index contributed by atoms with van der Waals surface area (Å²) in [5, 5.41) is 0. The van der Waals surface area contributed by atoms with Gasteiger partial charge in [-0.3, -0.25) is 4.90 Å². The van der Waals surface area contributed by atoms with Crippen LogP contribution in [0.15, 0.2) is 0 Å². The maximum atomic E-state index is 5.93. The zero-order valence-corrected chi connectivity index (χ0v) is 9.81. The lowest BCUT2D eigenvalue weighted by Gasteiger charge is -2.40. The summed E-state index contributed by atoms with van der Waals surface area (Å²) in [6.45, 7) is 5.81. The zero-order chi connectivity index (χ0) is 9.84. The van der Waals surface area contributed by atoms with Gasteiger partial charge in [0, 0.05) is 30.4 Å². The second kappa shape index (κ2) is 5.23. The van der Waals surface area contributed by atoms with Crippen LogP contribution in [0.5, 0.6) is 0 Å². The van der Waals surface area contributed by atoms with Crippen molar-refractivity contribution in [2.45, 2.75) is 44.8 Å². The Morgan fingerprint density at radius 3 is 2.85 bits per heavy atom. The van der Waals surface area contributed by atoms with Crippen LogP contribution >= 0.6 is 11.8 Å². The second-order valence-corrected chi connectivity index (χ2v) is 5.09. The largest absolute Gasteiger partial charge is 0.328 e. The molecule has 0 aromatic rings. The van der Waals surface area contributed by atoms with Crippen molar-refractivity contribution in [1.29, 1.82) is 0 Å². The molecule has 0 aromatic heterocycles. The van der Waals surface area contributed by atoms with E-state index in [1.165, 1.54) is 25.1 Å². The molecule has 2 nitrogen and oxygen atoms in total. The number of rotatable bonds is 3. The summed E-state index contributed by atoms with van der Waals surface area (Å²) in [6.07, 6.45) is 4.51. The minimum absolute atomic E-state index is 0.438. The molecule has 3 unspecified atom stereocenters. The number of hydrogen-bond donors (Lipinski definition) is 1. The average Bonchev–Trinajstić information content (AvgIpc) is 2.04. The van der Waals surface area contributed by atoms with Crippen molar-refractivity contribution >= 4 is 11.8 Å². The van der Waals surface area contributed by atoms with Crippen LogP contribution in [0, 0.1) is 0 Å². The lowest BCUT2D eigenvalue weighted by molar-refractivity contribution is 0.115. The van der Waals surface area contributed by atoms with Crippen molar-refractivity contribution < 1.29 is 0 Å². The first-order chi connectivity index (χ1) is 6.15. The van der Waals surface area contributed by atoms with Crippen molar-refractivity contribution in [2.24, 2.45) is 5.73 Å². The molecule has 0 aromatic carbocycles. The van der Waals surface area contributed by atoms with Gasteiger partial charge in [-0.25, -0.2) is 0 Å². The number of nitrogens with zero attached hydrogens (tertiary/aromatic N) is 1. The van der Waals surface area contributed by atoms with E-state index in [-0.39, 0.29) is 0 Å². The molecule has 3 heteroatoms. The van der Waals surface area contributed by atoms with Gasteiger partial charge >= 0.3 is 0 Å². The highest BCUT2D eigenvalue weighted by Crippen LogP contribution is 2.19. The van der Waals surface area contributed by atoms with Crippen molar-refractivity contribution in [3.05, 3.63) is 0 Å². The maximum absolute atomic E-state index is 5.93. The van der Waals surface area contributed by atoms with Gasteiger partial charge in [-0.1, -0.05) is 0 Å². The van der Waals surface area contributed by atoms with Crippen molar-refractivity contribution in [2.75, 3.05) is 18.6 Å². The van der Waals surface area contributed by atoms with Crippen LogP contribution in [-0.2, 0) is 0 Å². The molecule has 1 heterocycles. The van der Waals surface area contributed by atoms with Crippen LogP contribution in [0.1, 0.15) is 26.7 Å². The smallest absolute Gasteiger partial charge is 0.0160 e. The molecular weight excluding hydrogens is 180 g/mol. The predicted octanol–water partition coefficient (Wildman–Crippen LogP) is 1.55. The minimum atomic E-state index is 0.438. The Hall–Kier alpha value is 0.270. The summed E-state index contributed by atoms with van der Waals surface area (Å²) in [4.78, 5) is 2.60. The molecule has 2 N–H and O–H groups in total. The van der Waals surface area contributed by atoms with Crippen LogP contribution in [-0.4, -0.2) is 41.6 Å². The van der Waals surface area contributed by atoms with Gasteiger partial charge in [-0.05, 0) is 32.9 Å². The Labute approximate surface area is 86.2 Å². The highest BCUT2D eigenvalue weighted by molar-refractivity contribution is 7.98. The van der Waals surface area contributed by atoms with E-state index in [0.29, 0.717) is 18.1 Å². The average molecular weight is 202 g/mol. The fourth-order valence-electron chi connectivity index (χ4n) is 2.22. The lowest BCUT2D eigenvalue weighted by atomic mass is 9.98. The van der Waals surface area contributed by atoms with Gasteiger partial charge in [0.15, 0.2) is 0 Å². The highest BCUT2D eigenvalue weighted by Gasteiger charge is 2.26. The molecule has 0 amide bonds. The fraction of sp³-hybridized carbons (Fsp3) is 1.00. The fourth-order valence-corrected chi connectivity index (χ4v) is 2.89. The first-order valence-corrected chi connectivity index (χ1v) is 6.54. The van der Waals surface area contributed by atoms with E-state index in [9.17, 15) is 0 Å². The number of likely N-dealkylation sites (tertiary alicyclic amines) is 1. The predicted molar refractivity (Wildman–Crippen MR) is 61.2 cm³/mol. The van der Waals surface area contributed by atoms with Crippen LogP contribution in [0.3, 0.4) is 0 Å².